The molecule has 1 aliphatic carbocycles. The second-order valence-corrected chi connectivity index (χ2v) is 7.10. The van der Waals surface area contributed by atoms with E-state index in [1.54, 1.807) is 0 Å². The second kappa shape index (κ2) is 5.09. The monoisotopic (exact) mass is 285 g/mol. The first-order valence-corrected chi connectivity index (χ1v) is 8.12. The van der Waals surface area contributed by atoms with Gasteiger partial charge in [-0.1, -0.05) is 13.0 Å². The zero-order valence-electron chi connectivity index (χ0n) is 12.6. The van der Waals surface area contributed by atoms with Crippen molar-refractivity contribution in [3.8, 4) is 0 Å². The minimum absolute atomic E-state index is 0.341. The van der Waals surface area contributed by atoms with Crippen molar-refractivity contribution in [2.75, 3.05) is 26.2 Å². The van der Waals surface area contributed by atoms with Crippen LogP contribution >= 0.6 is 0 Å². The zero-order chi connectivity index (χ0) is 14.4. The van der Waals surface area contributed by atoms with Gasteiger partial charge in [0.15, 0.2) is 0 Å². The number of hydrogen-bond acceptors (Lipinski definition) is 3. The summed E-state index contributed by atoms with van der Waals surface area (Å²) in [4.78, 5) is 21.4. The molecule has 2 saturated heterocycles. The third-order valence-electron chi connectivity index (χ3n) is 5.41. The first-order chi connectivity index (χ1) is 10.2. The van der Waals surface area contributed by atoms with E-state index in [1.807, 2.05) is 12.3 Å². The first kappa shape index (κ1) is 13.3. The molecular formula is C17H23N3O. The summed E-state index contributed by atoms with van der Waals surface area (Å²) in [7, 11) is 0. The zero-order valence-corrected chi connectivity index (χ0v) is 12.6. The number of carbonyl (C=O) groups is 1. The summed E-state index contributed by atoms with van der Waals surface area (Å²) in [6.45, 7) is 7.32. The summed E-state index contributed by atoms with van der Waals surface area (Å²) in [6, 6.07) is 6.11. The third-order valence-corrected chi connectivity index (χ3v) is 5.41. The van der Waals surface area contributed by atoms with Gasteiger partial charge in [0.25, 0.3) is 0 Å². The molecule has 3 fully saturated rings. The molecule has 0 spiro atoms. The van der Waals surface area contributed by atoms with Gasteiger partial charge in [0.05, 0.1) is 5.69 Å². The van der Waals surface area contributed by atoms with E-state index in [2.05, 4.69) is 33.8 Å². The Hall–Kier alpha value is -1.42. The fourth-order valence-electron chi connectivity index (χ4n) is 4.02. The number of pyridine rings is 1. The molecular weight excluding hydrogens is 262 g/mol. The van der Waals surface area contributed by atoms with E-state index in [0.29, 0.717) is 29.6 Å². The maximum Gasteiger partial charge on any atom is 0.225 e. The molecule has 4 heteroatoms. The smallest absolute Gasteiger partial charge is 0.225 e. The Labute approximate surface area is 126 Å². The van der Waals surface area contributed by atoms with E-state index in [0.717, 1.165) is 44.8 Å². The van der Waals surface area contributed by atoms with Crippen LogP contribution in [0.1, 0.15) is 19.0 Å². The lowest BCUT2D eigenvalue weighted by atomic mass is 10.0. The van der Waals surface area contributed by atoms with Gasteiger partial charge >= 0.3 is 0 Å². The van der Waals surface area contributed by atoms with E-state index in [9.17, 15) is 4.79 Å². The van der Waals surface area contributed by atoms with Crippen molar-refractivity contribution in [1.82, 2.24) is 14.8 Å². The predicted octanol–water partition coefficient (Wildman–Crippen LogP) is 1.63. The average molecular weight is 285 g/mol. The number of fused-ring (bicyclic) bond motifs is 1. The van der Waals surface area contributed by atoms with E-state index in [4.69, 9.17) is 0 Å². The van der Waals surface area contributed by atoms with Crippen LogP contribution in [-0.4, -0.2) is 46.9 Å². The summed E-state index contributed by atoms with van der Waals surface area (Å²) in [6.07, 6.45) is 2.97. The van der Waals surface area contributed by atoms with Crippen molar-refractivity contribution in [3.63, 3.8) is 0 Å². The highest BCUT2D eigenvalue weighted by Gasteiger charge is 2.47. The molecule has 1 aromatic rings. The molecule has 1 saturated carbocycles. The molecule has 112 valence electrons. The van der Waals surface area contributed by atoms with E-state index in [-0.39, 0.29) is 0 Å². The molecule has 2 unspecified atom stereocenters. The van der Waals surface area contributed by atoms with Gasteiger partial charge in [0, 0.05) is 44.8 Å². The molecule has 21 heavy (non-hydrogen) atoms. The van der Waals surface area contributed by atoms with E-state index < -0.39 is 0 Å². The highest BCUT2D eigenvalue weighted by Crippen LogP contribution is 2.41. The highest BCUT2D eigenvalue weighted by atomic mass is 16.2. The number of hydrogen-bond donors (Lipinski definition) is 0. The third kappa shape index (κ3) is 2.57. The minimum atomic E-state index is 0.341. The lowest BCUT2D eigenvalue weighted by molar-refractivity contribution is -0.132. The number of likely N-dealkylation sites (tertiary alicyclic amines) is 2. The van der Waals surface area contributed by atoms with Gasteiger partial charge in [0.2, 0.25) is 5.91 Å². The van der Waals surface area contributed by atoms with Gasteiger partial charge in [-0.05, 0) is 36.3 Å². The van der Waals surface area contributed by atoms with Gasteiger partial charge < -0.3 is 4.90 Å². The van der Waals surface area contributed by atoms with E-state index >= 15 is 0 Å². The van der Waals surface area contributed by atoms with Crippen molar-refractivity contribution in [3.05, 3.63) is 30.1 Å². The van der Waals surface area contributed by atoms with Gasteiger partial charge in [-0.25, -0.2) is 0 Å². The van der Waals surface area contributed by atoms with Crippen LogP contribution in [0.5, 0.6) is 0 Å². The fourth-order valence-corrected chi connectivity index (χ4v) is 4.02. The van der Waals surface area contributed by atoms with Crippen LogP contribution in [0.4, 0.5) is 0 Å². The van der Waals surface area contributed by atoms with Crippen molar-refractivity contribution < 1.29 is 4.79 Å². The standard InChI is InChI=1S/C17H23N3O/c1-12-6-16(12)17(21)20-9-13-7-19(8-14(13)10-20)11-15-4-2-3-5-18-15/h2-5,12-14,16H,6-11H2,1H3/t12?,13-,14+,16?. The minimum Gasteiger partial charge on any atom is -0.342 e. The summed E-state index contributed by atoms with van der Waals surface area (Å²) in [5.41, 5.74) is 1.15. The number of amides is 1. The number of rotatable bonds is 3. The second-order valence-electron chi connectivity index (χ2n) is 7.10. The Balaban J connectivity index is 1.32. The summed E-state index contributed by atoms with van der Waals surface area (Å²) >= 11 is 0. The van der Waals surface area contributed by atoms with Gasteiger partial charge in [-0.3, -0.25) is 14.7 Å². The maximum atomic E-state index is 12.3. The SMILES string of the molecule is CC1CC1C(=O)N1C[C@H]2CN(Cc3ccccn3)C[C@H]2C1. The largest absolute Gasteiger partial charge is 0.342 e. The molecule has 2 aliphatic heterocycles. The van der Waals surface area contributed by atoms with Crippen molar-refractivity contribution in [1.29, 1.82) is 0 Å². The van der Waals surface area contributed by atoms with Crippen LogP contribution in [0.2, 0.25) is 0 Å². The lowest BCUT2D eigenvalue weighted by Gasteiger charge is -2.21. The van der Waals surface area contributed by atoms with Gasteiger partial charge in [0.1, 0.15) is 0 Å². The predicted molar refractivity (Wildman–Crippen MR) is 80.3 cm³/mol. The Morgan fingerprint density at radius 2 is 1.95 bits per heavy atom. The lowest BCUT2D eigenvalue weighted by Crippen LogP contribution is -2.34. The topological polar surface area (TPSA) is 36.4 Å². The number of nitrogens with zero attached hydrogens (tertiary/aromatic N) is 3. The molecule has 4 atom stereocenters. The Morgan fingerprint density at radius 1 is 1.24 bits per heavy atom. The molecule has 4 rings (SSSR count). The normalized spacial score (nSPS) is 35.0. The van der Waals surface area contributed by atoms with Crippen LogP contribution in [0.15, 0.2) is 24.4 Å². The molecule has 0 radical (unpaired) electrons. The van der Waals surface area contributed by atoms with Crippen molar-refractivity contribution in [2.24, 2.45) is 23.7 Å². The molecule has 4 nitrogen and oxygen atoms in total. The Kier molecular flexibility index (Phi) is 3.21. The first-order valence-electron chi connectivity index (χ1n) is 8.12. The van der Waals surface area contributed by atoms with Crippen molar-refractivity contribution >= 4 is 5.91 Å². The fraction of sp³-hybridized carbons (Fsp3) is 0.647. The quantitative estimate of drug-likeness (QED) is 0.847. The summed E-state index contributed by atoms with van der Waals surface area (Å²) in [5.74, 6) is 2.73. The summed E-state index contributed by atoms with van der Waals surface area (Å²) < 4.78 is 0. The number of carbonyl (C=O) groups excluding carboxylic acids is 1. The number of aromatic nitrogens is 1. The van der Waals surface area contributed by atoms with Crippen LogP contribution in [0.3, 0.4) is 0 Å². The van der Waals surface area contributed by atoms with Crippen LogP contribution in [0, 0.1) is 23.7 Å². The molecule has 1 aromatic heterocycles. The van der Waals surface area contributed by atoms with Gasteiger partial charge in [-0.15, -0.1) is 0 Å². The average Bonchev–Trinajstić information content (AvgIpc) is 2.90. The van der Waals surface area contributed by atoms with Crippen molar-refractivity contribution in [2.45, 2.75) is 19.9 Å². The summed E-state index contributed by atoms with van der Waals surface area (Å²) in [5, 5.41) is 0. The van der Waals surface area contributed by atoms with E-state index in [1.165, 1.54) is 0 Å². The molecule has 3 heterocycles. The van der Waals surface area contributed by atoms with Gasteiger partial charge in [-0.2, -0.15) is 0 Å². The molecule has 0 aromatic carbocycles. The van der Waals surface area contributed by atoms with Crippen LogP contribution in [-0.2, 0) is 11.3 Å². The van der Waals surface area contributed by atoms with Crippen LogP contribution in [0.25, 0.3) is 0 Å². The molecule has 0 N–H and O–H groups in total. The highest BCUT2D eigenvalue weighted by molar-refractivity contribution is 5.81. The molecule has 0 bridgehead atoms. The Morgan fingerprint density at radius 3 is 2.52 bits per heavy atom. The maximum absolute atomic E-state index is 12.3. The van der Waals surface area contributed by atoms with Crippen LogP contribution < -0.4 is 0 Å². The molecule has 1 amide bonds. The Bertz CT molecular complexity index is 518. The molecule has 3 aliphatic rings.